The largest absolute Gasteiger partial charge is 0.485 e. The van der Waals surface area contributed by atoms with Crippen LogP contribution in [-0.2, 0) is 7.05 Å². The number of hydrogen-bond donors (Lipinski definition) is 1. The third kappa shape index (κ3) is 3.11. The number of hydrazone groups is 1. The number of amides is 1. The highest BCUT2D eigenvalue weighted by atomic mass is 16.5. The number of nitrogens with zero attached hydrogens (tertiary/aromatic N) is 2. The fraction of sp³-hybridized carbons (Fsp3) is 0.143. The molecule has 0 fully saturated rings. The van der Waals surface area contributed by atoms with Crippen LogP contribution < -0.4 is 10.2 Å². The van der Waals surface area contributed by atoms with Crippen LogP contribution in [0.1, 0.15) is 34.1 Å². The fourth-order valence-corrected chi connectivity index (χ4v) is 3.12. The van der Waals surface area contributed by atoms with Gasteiger partial charge in [0.1, 0.15) is 17.5 Å². The number of fused-ring (bicyclic) bond motifs is 1. The van der Waals surface area contributed by atoms with Crippen molar-refractivity contribution in [1.82, 2.24) is 9.99 Å². The Bertz CT molecular complexity index is 960. The minimum Gasteiger partial charge on any atom is -0.485 e. The number of benzene rings is 2. The maximum atomic E-state index is 12.4. The van der Waals surface area contributed by atoms with E-state index >= 15 is 0 Å². The van der Waals surface area contributed by atoms with Gasteiger partial charge < -0.3 is 9.30 Å². The van der Waals surface area contributed by atoms with Crippen molar-refractivity contribution in [2.75, 3.05) is 0 Å². The molecule has 0 saturated carbocycles. The quantitative estimate of drug-likeness (QED) is 0.736. The van der Waals surface area contributed by atoms with E-state index in [4.69, 9.17) is 4.74 Å². The summed E-state index contributed by atoms with van der Waals surface area (Å²) >= 11 is 0. The van der Waals surface area contributed by atoms with E-state index in [9.17, 15) is 4.79 Å². The van der Waals surface area contributed by atoms with Crippen molar-refractivity contribution in [3.8, 4) is 5.75 Å². The zero-order valence-corrected chi connectivity index (χ0v) is 14.4. The van der Waals surface area contributed by atoms with Gasteiger partial charge in [0.15, 0.2) is 0 Å². The molecule has 1 atom stereocenters. The van der Waals surface area contributed by atoms with Gasteiger partial charge in [0.2, 0.25) is 0 Å². The van der Waals surface area contributed by atoms with E-state index in [1.807, 2.05) is 73.9 Å². The highest BCUT2D eigenvalue weighted by Gasteiger charge is 2.26. The molecule has 0 saturated heterocycles. The van der Waals surface area contributed by atoms with Crippen molar-refractivity contribution in [2.24, 2.45) is 12.1 Å². The highest BCUT2D eigenvalue weighted by molar-refractivity contribution is 6.05. The minimum atomic E-state index is -0.231. The van der Waals surface area contributed by atoms with Gasteiger partial charge in [0.25, 0.3) is 5.91 Å². The number of carbonyl (C=O) groups excluding carboxylic acids is 1. The summed E-state index contributed by atoms with van der Waals surface area (Å²) < 4.78 is 7.91. The molecule has 5 nitrogen and oxygen atoms in total. The van der Waals surface area contributed by atoms with Crippen molar-refractivity contribution in [3.63, 3.8) is 0 Å². The molecule has 0 spiro atoms. The molecule has 1 N–H and O–H groups in total. The van der Waals surface area contributed by atoms with Crippen LogP contribution in [0.25, 0.3) is 0 Å². The lowest BCUT2D eigenvalue weighted by Crippen LogP contribution is -2.26. The van der Waals surface area contributed by atoms with E-state index in [0.29, 0.717) is 12.1 Å². The molecule has 0 aliphatic carbocycles. The Morgan fingerprint density at radius 2 is 1.85 bits per heavy atom. The predicted molar refractivity (Wildman–Crippen MR) is 100 cm³/mol. The van der Waals surface area contributed by atoms with E-state index in [1.165, 1.54) is 0 Å². The molecule has 0 radical (unpaired) electrons. The van der Waals surface area contributed by atoms with Gasteiger partial charge in [-0.1, -0.05) is 42.5 Å². The number of aromatic nitrogens is 1. The molecule has 3 aromatic rings. The molecule has 2 heterocycles. The van der Waals surface area contributed by atoms with E-state index in [-0.39, 0.29) is 12.0 Å². The first-order valence-corrected chi connectivity index (χ1v) is 8.51. The maximum Gasteiger partial charge on any atom is 0.287 e. The van der Waals surface area contributed by atoms with Crippen LogP contribution in [-0.4, -0.2) is 16.2 Å². The number of para-hydroxylation sites is 1. The first-order valence-electron chi connectivity index (χ1n) is 8.51. The van der Waals surface area contributed by atoms with Gasteiger partial charge in [0.05, 0.1) is 5.71 Å². The van der Waals surface area contributed by atoms with Crippen LogP contribution in [0.5, 0.6) is 5.75 Å². The van der Waals surface area contributed by atoms with E-state index in [1.54, 1.807) is 10.6 Å². The molecule has 26 heavy (non-hydrogen) atoms. The standard InChI is InChI=1S/C21H19N3O2/c1-24-13-7-11-18(24)21(25)23-22-17-14-20(15-8-3-2-4-9-15)26-19-12-6-5-10-16(17)19/h2-13,20H,14H2,1H3,(H,23,25)/b22-17-. The Balaban J connectivity index is 1.63. The summed E-state index contributed by atoms with van der Waals surface area (Å²) in [5.41, 5.74) is 6.05. The van der Waals surface area contributed by atoms with Crippen LogP contribution in [0.3, 0.4) is 0 Å². The van der Waals surface area contributed by atoms with Crippen LogP contribution in [0, 0.1) is 0 Å². The lowest BCUT2D eigenvalue weighted by molar-refractivity contribution is 0.0946. The monoisotopic (exact) mass is 345 g/mol. The molecular formula is C21H19N3O2. The maximum absolute atomic E-state index is 12.4. The number of aryl methyl sites for hydroxylation is 1. The molecule has 1 aliphatic rings. The molecule has 1 amide bonds. The van der Waals surface area contributed by atoms with Crippen molar-refractivity contribution in [1.29, 1.82) is 0 Å². The molecular weight excluding hydrogens is 326 g/mol. The first-order chi connectivity index (χ1) is 12.7. The summed E-state index contributed by atoms with van der Waals surface area (Å²) in [5.74, 6) is 0.546. The SMILES string of the molecule is Cn1cccc1C(=O)N/N=C1/CC(c2ccccc2)Oc2ccccc21. The summed E-state index contributed by atoms with van der Waals surface area (Å²) in [4.78, 5) is 12.4. The van der Waals surface area contributed by atoms with Crippen molar-refractivity contribution in [3.05, 3.63) is 89.7 Å². The molecule has 1 unspecified atom stereocenters. The Morgan fingerprint density at radius 1 is 1.08 bits per heavy atom. The molecule has 2 aromatic carbocycles. The zero-order valence-electron chi connectivity index (χ0n) is 14.4. The van der Waals surface area contributed by atoms with Gasteiger partial charge in [-0.25, -0.2) is 5.43 Å². The van der Waals surface area contributed by atoms with E-state index in [0.717, 1.165) is 22.6 Å². The Morgan fingerprint density at radius 3 is 2.62 bits per heavy atom. The first kappa shape index (κ1) is 16.1. The summed E-state index contributed by atoms with van der Waals surface area (Å²) in [6, 6.07) is 21.4. The highest BCUT2D eigenvalue weighted by Crippen LogP contribution is 2.34. The van der Waals surface area contributed by atoms with Crippen LogP contribution in [0.2, 0.25) is 0 Å². The van der Waals surface area contributed by atoms with Gasteiger partial charge in [-0.05, 0) is 29.8 Å². The number of rotatable bonds is 3. The summed E-state index contributed by atoms with van der Waals surface area (Å²) in [5, 5.41) is 4.42. The van der Waals surface area contributed by atoms with Crippen molar-refractivity contribution >= 4 is 11.6 Å². The molecule has 5 heteroatoms. The third-order valence-electron chi connectivity index (χ3n) is 4.49. The predicted octanol–water partition coefficient (Wildman–Crippen LogP) is 3.68. The average Bonchev–Trinajstić information content (AvgIpc) is 3.12. The van der Waals surface area contributed by atoms with Gasteiger partial charge in [-0.3, -0.25) is 4.79 Å². The van der Waals surface area contributed by atoms with E-state index < -0.39 is 0 Å². The number of ether oxygens (including phenoxy) is 1. The van der Waals surface area contributed by atoms with Crippen LogP contribution >= 0.6 is 0 Å². The summed E-state index contributed by atoms with van der Waals surface area (Å²) in [6.07, 6.45) is 2.29. The number of nitrogens with one attached hydrogen (secondary N) is 1. The molecule has 130 valence electrons. The topological polar surface area (TPSA) is 55.6 Å². The molecule has 4 rings (SSSR count). The van der Waals surface area contributed by atoms with Gasteiger partial charge in [0, 0.05) is 25.2 Å². The molecule has 1 aromatic heterocycles. The lowest BCUT2D eigenvalue weighted by atomic mass is 9.96. The van der Waals surface area contributed by atoms with E-state index in [2.05, 4.69) is 10.5 Å². The molecule has 1 aliphatic heterocycles. The van der Waals surface area contributed by atoms with Gasteiger partial charge in [-0.2, -0.15) is 5.10 Å². The second kappa shape index (κ2) is 6.88. The normalized spacial score (nSPS) is 17.4. The van der Waals surface area contributed by atoms with Crippen molar-refractivity contribution in [2.45, 2.75) is 12.5 Å². The smallest absolute Gasteiger partial charge is 0.287 e. The third-order valence-corrected chi connectivity index (χ3v) is 4.49. The van der Waals surface area contributed by atoms with Crippen LogP contribution in [0.15, 0.2) is 78.0 Å². The van der Waals surface area contributed by atoms with Gasteiger partial charge in [-0.15, -0.1) is 0 Å². The zero-order chi connectivity index (χ0) is 17.9. The minimum absolute atomic E-state index is 0.128. The Kier molecular flexibility index (Phi) is 4.27. The van der Waals surface area contributed by atoms with Gasteiger partial charge >= 0.3 is 0 Å². The van der Waals surface area contributed by atoms with Crippen LogP contribution in [0.4, 0.5) is 0 Å². The second-order valence-electron chi connectivity index (χ2n) is 6.22. The number of hydrogen-bond acceptors (Lipinski definition) is 3. The average molecular weight is 345 g/mol. The summed E-state index contributed by atoms with van der Waals surface area (Å²) in [7, 11) is 1.83. The fourth-order valence-electron chi connectivity index (χ4n) is 3.12. The summed E-state index contributed by atoms with van der Waals surface area (Å²) in [6.45, 7) is 0. The molecule has 0 bridgehead atoms. The lowest BCUT2D eigenvalue weighted by Gasteiger charge is -2.27. The number of carbonyl (C=O) groups is 1. The van der Waals surface area contributed by atoms with Crippen molar-refractivity contribution < 1.29 is 9.53 Å². The Hall–Kier alpha value is -3.34. The Labute approximate surface area is 151 Å². The second-order valence-corrected chi connectivity index (χ2v) is 6.22.